The predicted molar refractivity (Wildman–Crippen MR) is 81.2 cm³/mol. The first-order chi connectivity index (χ1) is 9.90. The van der Waals surface area contributed by atoms with Gasteiger partial charge in [-0.25, -0.2) is 0 Å². The number of nitriles is 1. The Morgan fingerprint density at radius 1 is 1.62 bits per heavy atom. The number of nitrogens with zero attached hydrogens (tertiary/aromatic N) is 2. The van der Waals surface area contributed by atoms with E-state index in [0.717, 1.165) is 0 Å². The number of hydrogen-bond acceptors (Lipinski definition) is 5. The average Bonchev–Trinajstić information content (AvgIpc) is 2.85. The van der Waals surface area contributed by atoms with E-state index in [1.165, 1.54) is 6.07 Å². The molecule has 2 rings (SSSR count). The molecule has 6 nitrogen and oxygen atoms in total. The number of aryl methyl sites for hydroxylation is 1. The second-order valence-electron chi connectivity index (χ2n) is 5.25. The highest BCUT2D eigenvalue weighted by atomic mass is 79.9. The van der Waals surface area contributed by atoms with Crippen LogP contribution in [0.4, 0.5) is 5.69 Å². The summed E-state index contributed by atoms with van der Waals surface area (Å²) in [6, 6.07) is 5.49. The van der Waals surface area contributed by atoms with E-state index in [-0.39, 0.29) is 17.5 Å². The molecule has 1 N–H and O–H groups in total. The first-order valence-corrected chi connectivity index (χ1v) is 7.41. The summed E-state index contributed by atoms with van der Waals surface area (Å²) < 4.78 is 6.50. The van der Waals surface area contributed by atoms with Gasteiger partial charge in [-0.15, -0.1) is 0 Å². The molecule has 1 fully saturated rings. The Hall–Kier alpha value is -1.65. The van der Waals surface area contributed by atoms with Gasteiger partial charge in [0, 0.05) is 17.0 Å². The van der Waals surface area contributed by atoms with Gasteiger partial charge in [0.05, 0.1) is 11.0 Å². The van der Waals surface area contributed by atoms with E-state index in [1.807, 2.05) is 0 Å². The highest BCUT2D eigenvalue weighted by molar-refractivity contribution is 9.10. The minimum atomic E-state index is -0.595. The Bertz CT molecular complexity index is 614. The van der Waals surface area contributed by atoms with E-state index >= 15 is 0 Å². The average molecular weight is 354 g/mol. The van der Waals surface area contributed by atoms with Gasteiger partial charge < -0.3 is 10.1 Å². The molecule has 0 heterocycles. The van der Waals surface area contributed by atoms with Crippen molar-refractivity contribution in [3.05, 3.63) is 32.3 Å². The zero-order chi connectivity index (χ0) is 15.6. The molecule has 0 bridgehead atoms. The van der Waals surface area contributed by atoms with Crippen LogP contribution >= 0.6 is 15.9 Å². The number of nitro benzene ring substituents is 1. The van der Waals surface area contributed by atoms with Gasteiger partial charge in [0.1, 0.15) is 11.6 Å². The third kappa shape index (κ3) is 3.17. The maximum Gasteiger partial charge on any atom is 0.312 e. The van der Waals surface area contributed by atoms with Crippen LogP contribution in [0.5, 0.6) is 5.75 Å². The standard InChI is InChI=1S/C14H16BrN3O3/c1-9-5-10(15)6-12(18(19)20)13(9)21-11-3-4-14(7-11,8-16)17-2/h5-6,11,17H,3-4,7H2,1-2H3. The van der Waals surface area contributed by atoms with Gasteiger partial charge in [-0.05, 0) is 38.4 Å². The molecule has 0 aliphatic heterocycles. The number of benzene rings is 1. The molecule has 1 aromatic rings. The lowest BCUT2D eigenvalue weighted by Crippen LogP contribution is -2.39. The minimum absolute atomic E-state index is 0.0548. The molecular formula is C14H16BrN3O3. The van der Waals surface area contributed by atoms with E-state index in [9.17, 15) is 15.4 Å². The van der Waals surface area contributed by atoms with E-state index in [4.69, 9.17) is 4.74 Å². The molecule has 1 aromatic carbocycles. The lowest BCUT2D eigenvalue weighted by Gasteiger charge is -2.20. The van der Waals surface area contributed by atoms with Crippen molar-refractivity contribution in [3.63, 3.8) is 0 Å². The molecule has 1 aliphatic rings. The van der Waals surface area contributed by atoms with E-state index < -0.39 is 10.5 Å². The molecule has 112 valence electrons. The van der Waals surface area contributed by atoms with Gasteiger partial charge in [-0.2, -0.15) is 5.26 Å². The largest absolute Gasteiger partial charge is 0.483 e. The number of ether oxygens (including phenoxy) is 1. The maximum absolute atomic E-state index is 11.2. The molecule has 0 saturated heterocycles. The summed E-state index contributed by atoms with van der Waals surface area (Å²) in [6.45, 7) is 1.78. The fourth-order valence-corrected chi connectivity index (χ4v) is 3.21. The highest BCUT2D eigenvalue weighted by Gasteiger charge is 2.40. The zero-order valence-corrected chi connectivity index (χ0v) is 13.4. The summed E-state index contributed by atoms with van der Waals surface area (Å²) in [5, 5.41) is 23.5. The molecule has 0 aromatic heterocycles. The van der Waals surface area contributed by atoms with Crippen molar-refractivity contribution in [1.82, 2.24) is 5.32 Å². The summed E-state index contributed by atoms with van der Waals surface area (Å²) in [4.78, 5) is 10.7. The summed E-state index contributed by atoms with van der Waals surface area (Å²) in [7, 11) is 1.75. The summed E-state index contributed by atoms with van der Waals surface area (Å²) in [5.74, 6) is 0.290. The van der Waals surface area contributed by atoms with E-state index in [0.29, 0.717) is 29.3 Å². The van der Waals surface area contributed by atoms with Gasteiger partial charge in [0.15, 0.2) is 5.75 Å². The smallest absolute Gasteiger partial charge is 0.312 e. The van der Waals surface area contributed by atoms with Crippen molar-refractivity contribution < 1.29 is 9.66 Å². The van der Waals surface area contributed by atoms with Crippen LogP contribution < -0.4 is 10.1 Å². The topological polar surface area (TPSA) is 88.2 Å². The molecular weight excluding hydrogens is 338 g/mol. The molecule has 0 radical (unpaired) electrons. The Kier molecular flexibility index (Phi) is 4.49. The Morgan fingerprint density at radius 3 is 2.86 bits per heavy atom. The van der Waals surface area contributed by atoms with Crippen LogP contribution in [0.3, 0.4) is 0 Å². The van der Waals surface area contributed by atoms with Crippen LogP contribution in [-0.4, -0.2) is 23.6 Å². The first-order valence-electron chi connectivity index (χ1n) is 6.62. The van der Waals surface area contributed by atoms with Crippen molar-refractivity contribution in [2.24, 2.45) is 0 Å². The van der Waals surface area contributed by atoms with Crippen LogP contribution in [0.2, 0.25) is 0 Å². The fourth-order valence-electron chi connectivity index (χ4n) is 2.65. The molecule has 2 atom stereocenters. The predicted octanol–water partition coefficient (Wildman–Crippen LogP) is 3.08. The quantitative estimate of drug-likeness (QED) is 0.663. The van der Waals surface area contributed by atoms with Gasteiger partial charge in [-0.3, -0.25) is 10.1 Å². The summed E-state index contributed by atoms with van der Waals surface area (Å²) in [6.07, 6.45) is 1.69. The number of nitro groups is 1. The second-order valence-corrected chi connectivity index (χ2v) is 6.17. The molecule has 0 amide bonds. The van der Waals surface area contributed by atoms with Crippen molar-refractivity contribution in [2.45, 2.75) is 37.8 Å². The number of rotatable bonds is 4. The maximum atomic E-state index is 11.2. The van der Waals surface area contributed by atoms with Gasteiger partial charge in [0.25, 0.3) is 0 Å². The van der Waals surface area contributed by atoms with Crippen molar-refractivity contribution in [3.8, 4) is 11.8 Å². The number of halogens is 1. The number of hydrogen-bond donors (Lipinski definition) is 1. The summed E-state index contributed by atoms with van der Waals surface area (Å²) >= 11 is 3.26. The molecule has 0 spiro atoms. The lowest BCUT2D eigenvalue weighted by atomic mass is 10.0. The number of nitrogens with one attached hydrogen (secondary N) is 1. The third-order valence-corrected chi connectivity index (χ3v) is 4.32. The van der Waals surface area contributed by atoms with E-state index in [1.54, 1.807) is 20.0 Å². The van der Waals surface area contributed by atoms with Crippen molar-refractivity contribution in [1.29, 1.82) is 5.26 Å². The van der Waals surface area contributed by atoms with Crippen molar-refractivity contribution in [2.75, 3.05) is 7.05 Å². The Balaban J connectivity index is 2.26. The SMILES string of the molecule is CNC1(C#N)CCC(Oc2c(C)cc(Br)cc2[N+](=O)[O-])C1. The monoisotopic (exact) mass is 353 g/mol. The fraction of sp³-hybridized carbons (Fsp3) is 0.500. The second kappa shape index (κ2) is 6.00. The zero-order valence-electron chi connectivity index (χ0n) is 11.9. The Labute approximate surface area is 131 Å². The molecule has 21 heavy (non-hydrogen) atoms. The van der Waals surface area contributed by atoms with Gasteiger partial charge >= 0.3 is 5.69 Å². The van der Waals surface area contributed by atoms with Crippen LogP contribution in [-0.2, 0) is 0 Å². The van der Waals surface area contributed by atoms with Crippen LogP contribution in [0, 0.1) is 28.4 Å². The first kappa shape index (κ1) is 15.7. The normalized spacial score (nSPS) is 24.6. The molecule has 2 unspecified atom stereocenters. The molecule has 7 heteroatoms. The minimum Gasteiger partial charge on any atom is -0.483 e. The van der Waals surface area contributed by atoms with E-state index in [2.05, 4.69) is 27.3 Å². The van der Waals surface area contributed by atoms with Crippen LogP contribution in [0.25, 0.3) is 0 Å². The third-order valence-electron chi connectivity index (χ3n) is 3.86. The molecule has 1 aliphatic carbocycles. The van der Waals surface area contributed by atoms with Crippen LogP contribution in [0.15, 0.2) is 16.6 Å². The van der Waals surface area contributed by atoms with Crippen molar-refractivity contribution >= 4 is 21.6 Å². The van der Waals surface area contributed by atoms with Crippen LogP contribution in [0.1, 0.15) is 24.8 Å². The highest BCUT2D eigenvalue weighted by Crippen LogP contribution is 2.38. The summed E-state index contributed by atoms with van der Waals surface area (Å²) in [5.41, 5.74) is 0.0543. The van der Waals surface area contributed by atoms with Gasteiger partial charge in [-0.1, -0.05) is 15.9 Å². The van der Waals surface area contributed by atoms with Gasteiger partial charge in [0.2, 0.25) is 0 Å². The lowest BCUT2D eigenvalue weighted by molar-refractivity contribution is -0.386. The Morgan fingerprint density at radius 2 is 2.33 bits per heavy atom. The molecule has 1 saturated carbocycles.